The number of carbonyl (C=O) groups excluding carboxylic acids is 2. The summed E-state index contributed by atoms with van der Waals surface area (Å²) < 4.78 is 15.8. The maximum absolute atomic E-state index is 12.5. The zero-order valence-electron chi connectivity index (χ0n) is 16.5. The van der Waals surface area contributed by atoms with Crippen LogP contribution in [0.2, 0.25) is 0 Å². The first-order chi connectivity index (χ1) is 12.8. The lowest BCUT2D eigenvalue weighted by molar-refractivity contribution is -0.123. The van der Waals surface area contributed by atoms with Gasteiger partial charge in [-0.2, -0.15) is 0 Å². The van der Waals surface area contributed by atoms with Crippen molar-refractivity contribution in [2.24, 2.45) is 0 Å². The second-order valence-corrected chi connectivity index (χ2v) is 6.35. The summed E-state index contributed by atoms with van der Waals surface area (Å²) in [6.45, 7) is 7.37. The Morgan fingerprint density at radius 2 is 1.63 bits per heavy atom. The van der Waals surface area contributed by atoms with Crippen molar-refractivity contribution in [3.8, 4) is 11.5 Å². The molecule has 6 nitrogen and oxygen atoms in total. The molecule has 6 heteroatoms. The summed E-state index contributed by atoms with van der Waals surface area (Å²) in [5.74, 6) is -0.385. The van der Waals surface area contributed by atoms with E-state index in [4.69, 9.17) is 14.2 Å². The van der Waals surface area contributed by atoms with Crippen molar-refractivity contribution in [2.45, 2.75) is 33.8 Å². The number of ether oxygens (including phenoxy) is 3. The van der Waals surface area contributed by atoms with Crippen LogP contribution >= 0.6 is 0 Å². The highest BCUT2D eigenvalue weighted by Crippen LogP contribution is 2.31. The molecule has 0 spiro atoms. The fourth-order valence-electron chi connectivity index (χ4n) is 2.93. The quantitative estimate of drug-likeness (QED) is 0.782. The minimum absolute atomic E-state index is 0.194. The van der Waals surface area contributed by atoms with Crippen LogP contribution in [0.4, 0.5) is 5.69 Å². The monoisotopic (exact) mass is 371 g/mol. The minimum atomic E-state index is -0.978. The Labute approximate surface area is 159 Å². The first kappa shape index (κ1) is 20.3. The predicted molar refractivity (Wildman–Crippen MR) is 104 cm³/mol. The number of para-hydroxylation sites is 1. The van der Waals surface area contributed by atoms with E-state index in [-0.39, 0.29) is 11.3 Å². The Bertz CT molecular complexity index is 837. The SMILES string of the molecule is COc1cccc(C(=O)OC(C)C(=O)Nc2c(C)cc(C)cc2C)c1OC. The van der Waals surface area contributed by atoms with Gasteiger partial charge in [-0.15, -0.1) is 0 Å². The molecule has 0 saturated carbocycles. The van der Waals surface area contributed by atoms with Crippen molar-refractivity contribution in [3.63, 3.8) is 0 Å². The van der Waals surface area contributed by atoms with Crippen LogP contribution in [-0.4, -0.2) is 32.2 Å². The van der Waals surface area contributed by atoms with Gasteiger partial charge in [0.25, 0.3) is 5.91 Å². The molecule has 1 atom stereocenters. The fraction of sp³-hybridized carbons (Fsp3) is 0.333. The van der Waals surface area contributed by atoms with Crippen LogP contribution in [0.3, 0.4) is 0 Å². The Hall–Kier alpha value is -3.02. The van der Waals surface area contributed by atoms with E-state index in [0.29, 0.717) is 5.75 Å². The molecule has 1 unspecified atom stereocenters. The van der Waals surface area contributed by atoms with E-state index in [0.717, 1.165) is 22.4 Å². The third kappa shape index (κ3) is 4.58. The average molecular weight is 371 g/mol. The molecule has 1 amide bonds. The lowest BCUT2D eigenvalue weighted by atomic mass is 10.0. The van der Waals surface area contributed by atoms with Gasteiger partial charge in [-0.3, -0.25) is 4.79 Å². The molecule has 0 aliphatic rings. The Kier molecular flexibility index (Phi) is 6.45. The zero-order valence-corrected chi connectivity index (χ0v) is 16.5. The molecule has 2 rings (SSSR count). The van der Waals surface area contributed by atoms with Crippen molar-refractivity contribution in [1.29, 1.82) is 0 Å². The van der Waals surface area contributed by atoms with E-state index in [1.165, 1.54) is 21.1 Å². The van der Waals surface area contributed by atoms with E-state index < -0.39 is 18.0 Å². The summed E-state index contributed by atoms with van der Waals surface area (Å²) in [6, 6.07) is 8.86. The summed E-state index contributed by atoms with van der Waals surface area (Å²) in [5, 5.41) is 2.84. The topological polar surface area (TPSA) is 73.9 Å². The van der Waals surface area contributed by atoms with Gasteiger partial charge in [0, 0.05) is 5.69 Å². The number of hydrogen-bond acceptors (Lipinski definition) is 5. The van der Waals surface area contributed by atoms with E-state index in [1.807, 2.05) is 32.9 Å². The van der Waals surface area contributed by atoms with E-state index in [2.05, 4.69) is 5.32 Å². The van der Waals surface area contributed by atoms with Crippen molar-refractivity contribution in [1.82, 2.24) is 0 Å². The van der Waals surface area contributed by atoms with Gasteiger partial charge in [0.2, 0.25) is 0 Å². The number of amides is 1. The normalized spacial score (nSPS) is 11.5. The van der Waals surface area contributed by atoms with Crippen LogP contribution in [0, 0.1) is 20.8 Å². The molecule has 0 aromatic heterocycles. The summed E-state index contributed by atoms with van der Waals surface area (Å²) in [6.07, 6.45) is -0.978. The molecule has 27 heavy (non-hydrogen) atoms. The van der Waals surface area contributed by atoms with Crippen LogP contribution in [0.25, 0.3) is 0 Å². The maximum Gasteiger partial charge on any atom is 0.342 e. The molecule has 144 valence electrons. The third-order valence-electron chi connectivity index (χ3n) is 4.20. The summed E-state index contributed by atoms with van der Waals surface area (Å²) in [5.41, 5.74) is 3.95. The molecule has 0 fully saturated rings. The molecular weight excluding hydrogens is 346 g/mol. The van der Waals surface area contributed by atoms with Gasteiger partial charge in [0.1, 0.15) is 5.56 Å². The third-order valence-corrected chi connectivity index (χ3v) is 4.20. The van der Waals surface area contributed by atoms with Crippen molar-refractivity contribution in [2.75, 3.05) is 19.5 Å². The Balaban J connectivity index is 2.14. The van der Waals surface area contributed by atoms with Gasteiger partial charge in [-0.1, -0.05) is 23.8 Å². The van der Waals surface area contributed by atoms with Gasteiger partial charge in [-0.05, 0) is 51.0 Å². The van der Waals surface area contributed by atoms with Crippen LogP contribution in [0.1, 0.15) is 34.0 Å². The molecule has 2 aromatic carbocycles. The molecule has 0 aliphatic heterocycles. The summed E-state index contributed by atoms with van der Waals surface area (Å²) in [7, 11) is 2.92. The first-order valence-electron chi connectivity index (χ1n) is 8.59. The van der Waals surface area contributed by atoms with Gasteiger partial charge in [0.05, 0.1) is 14.2 Å². The maximum atomic E-state index is 12.5. The predicted octanol–water partition coefficient (Wildman–Crippen LogP) is 3.81. The molecule has 0 bridgehead atoms. The number of benzene rings is 2. The number of esters is 1. The van der Waals surface area contributed by atoms with Crippen molar-refractivity contribution >= 4 is 17.6 Å². The number of carbonyl (C=O) groups is 2. The molecule has 2 aromatic rings. The number of hydrogen-bond donors (Lipinski definition) is 1. The number of nitrogens with one attached hydrogen (secondary N) is 1. The van der Waals surface area contributed by atoms with Crippen LogP contribution < -0.4 is 14.8 Å². The molecule has 0 aliphatic carbocycles. The molecule has 0 saturated heterocycles. The Morgan fingerprint density at radius 1 is 1.00 bits per heavy atom. The van der Waals surface area contributed by atoms with Gasteiger partial charge in [0.15, 0.2) is 17.6 Å². The minimum Gasteiger partial charge on any atom is -0.493 e. The summed E-state index contributed by atoms with van der Waals surface area (Å²) in [4.78, 5) is 25.0. The van der Waals surface area contributed by atoms with Crippen LogP contribution in [0.15, 0.2) is 30.3 Å². The largest absolute Gasteiger partial charge is 0.493 e. The zero-order chi connectivity index (χ0) is 20.1. The van der Waals surface area contributed by atoms with Crippen LogP contribution in [-0.2, 0) is 9.53 Å². The van der Waals surface area contributed by atoms with Gasteiger partial charge in [-0.25, -0.2) is 4.79 Å². The lowest BCUT2D eigenvalue weighted by Crippen LogP contribution is -2.30. The number of aryl methyl sites for hydroxylation is 3. The van der Waals surface area contributed by atoms with E-state index in [9.17, 15) is 9.59 Å². The number of methoxy groups -OCH3 is 2. The fourth-order valence-corrected chi connectivity index (χ4v) is 2.93. The molecule has 0 radical (unpaired) electrons. The highest BCUT2D eigenvalue weighted by Gasteiger charge is 2.23. The smallest absolute Gasteiger partial charge is 0.342 e. The van der Waals surface area contributed by atoms with Crippen molar-refractivity contribution < 1.29 is 23.8 Å². The van der Waals surface area contributed by atoms with Crippen molar-refractivity contribution in [3.05, 3.63) is 52.6 Å². The standard InChI is InChI=1S/C21H25NO5/c1-12-10-13(2)18(14(3)11-12)22-20(23)15(4)27-21(24)16-8-7-9-17(25-5)19(16)26-6/h7-11,15H,1-6H3,(H,22,23). The van der Waals surface area contributed by atoms with Gasteiger partial charge >= 0.3 is 5.97 Å². The Morgan fingerprint density at radius 3 is 2.19 bits per heavy atom. The second kappa shape index (κ2) is 8.58. The van der Waals surface area contributed by atoms with Gasteiger partial charge < -0.3 is 19.5 Å². The molecular formula is C21H25NO5. The van der Waals surface area contributed by atoms with E-state index in [1.54, 1.807) is 18.2 Å². The highest BCUT2D eigenvalue weighted by molar-refractivity contribution is 5.99. The number of rotatable bonds is 6. The summed E-state index contributed by atoms with van der Waals surface area (Å²) >= 11 is 0. The van der Waals surface area contributed by atoms with E-state index >= 15 is 0 Å². The second-order valence-electron chi connectivity index (χ2n) is 6.35. The average Bonchev–Trinajstić information content (AvgIpc) is 2.63. The molecule has 0 heterocycles. The van der Waals surface area contributed by atoms with Crippen LogP contribution in [0.5, 0.6) is 11.5 Å². The number of anilines is 1. The highest BCUT2D eigenvalue weighted by atomic mass is 16.6. The molecule has 1 N–H and O–H groups in total. The lowest BCUT2D eigenvalue weighted by Gasteiger charge is -2.18. The first-order valence-corrected chi connectivity index (χ1v) is 8.59.